The minimum absolute atomic E-state index is 0.0187. The van der Waals surface area contributed by atoms with Crippen LogP contribution in [-0.2, 0) is 22.6 Å². The zero-order valence-electron chi connectivity index (χ0n) is 18.5. The number of carbonyl (C=O) groups excluding carboxylic acids is 2. The SMILES string of the molecule is O=C(NCc1cccc(F)c1)C(C1CCCC1)N1CCN(C(=O)Cc2ccccc2)CC1. The second-order valence-corrected chi connectivity index (χ2v) is 8.92. The molecule has 5 nitrogen and oxygen atoms in total. The van der Waals surface area contributed by atoms with Crippen molar-refractivity contribution in [2.75, 3.05) is 26.2 Å². The molecule has 6 heteroatoms. The fraction of sp³-hybridized carbons (Fsp3) is 0.462. The van der Waals surface area contributed by atoms with Crippen molar-refractivity contribution in [2.45, 2.75) is 44.7 Å². The van der Waals surface area contributed by atoms with Gasteiger partial charge in [0, 0.05) is 32.7 Å². The number of piperazine rings is 1. The summed E-state index contributed by atoms with van der Waals surface area (Å²) in [6.07, 6.45) is 4.86. The summed E-state index contributed by atoms with van der Waals surface area (Å²) < 4.78 is 13.5. The van der Waals surface area contributed by atoms with E-state index in [-0.39, 0.29) is 23.7 Å². The van der Waals surface area contributed by atoms with Gasteiger partial charge in [0.2, 0.25) is 11.8 Å². The van der Waals surface area contributed by atoms with Crippen LogP contribution in [0, 0.1) is 11.7 Å². The molecule has 0 aromatic heterocycles. The van der Waals surface area contributed by atoms with Crippen molar-refractivity contribution >= 4 is 11.8 Å². The number of benzene rings is 2. The van der Waals surface area contributed by atoms with Crippen molar-refractivity contribution in [3.63, 3.8) is 0 Å². The predicted molar refractivity (Wildman–Crippen MR) is 122 cm³/mol. The van der Waals surface area contributed by atoms with E-state index < -0.39 is 0 Å². The molecule has 170 valence electrons. The lowest BCUT2D eigenvalue weighted by molar-refractivity contribution is -0.134. The third-order valence-corrected chi connectivity index (χ3v) is 6.73. The molecule has 2 aromatic rings. The van der Waals surface area contributed by atoms with Crippen LogP contribution in [0.4, 0.5) is 4.39 Å². The molecule has 2 aliphatic rings. The van der Waals surface area contributed by atoms with Crippen LogP contribution in [0.1, 0.15) is 36.8 Å². The molecule has 0 radical (unpaired) electrons. The number of nitrogens with one attached hydrogen (secondary N) is 1. The Morgan fingerprint density at radius 3 is 2.31 bits per heavy atom. The van der Waals surface area contributed by atoms with Gasteiger partial charge < -0.3 is 10.2 Å². The van der Waals surface area contributed by atoms with Crippen LogP contribution in [0.25, 0.3) is 0 Å². The highest BCUT2D eigenvalue weighted by atomic mass is 19.1. The van der Waals surface area contributed by atoms with Crippen LogP contribution in [0.15, 0.2) is 54.6 Å². The first-order valence-corrected chi connectivity index (χ1v) is 11.7. The fourth-order valence-corrected chi connectivity index (χ4v) is 5.02. The molecule has 1 heterocycles. The number of rotatable bonds is 7. The van der Waals surface area contributed by atoms with Gasteiger partial charge in [-0.05, 0) is 42.0 Å². The van der Waals surface area contributed by atoms with Crippen molar-refractivity contribution in [1.82, 2.24) is 15.1 Å². The molecule has 32 heavy (non-hydrogen) atoms. The Morgan fingerprint density at radius 2 is 1.62 bits per heavy atom. The van der Waals surface area contributed by atoms with Gasteiger partial charge in [0.1, 0.15) is 5.82 Å². The Bertz CT molecular complexity index is 906. The quantitative estimate of drug-likeness (QED) is 0.723. The van der Waals surface area contributed by atoms with Crippen molar-refractivity contribution in [3.05, 3.63) is 71.5 Å². The number of amides is 2. The van der Waals surface area contributed by atoms with Crippen LogP contribution < -0.4 is 5.32 Å². The van der Waals surface area contributed by atoms with Gasteiger partial charge >= 0.3 is 0 Å². The molecule has 1 aliphatic heterocycles. The molecule has 0 bridgehead atoms. The first-order valence-electron chi connectivity index (χ1n) is 11.7. The van der Waals surface area contributed by atoms with Gasteiger partial charge in [0.15, 0.2) is 0 Å². The Morgan fingerprint density at radius 1 is 0.938 bits per heavy atom. The van der Waals surface area contributed by atoms with Crippen LogP contribution in [-0.4, -0.2) is 53.8 Å². The molecular formula is C26H32FN3O2. The number of nitrogens with zero attached hydrogens (tertiary/aromatic N) is 2. The maximum absolute atomic E-state index is 13.5. The molecule has 2 aromatic carbocycles. The van der Waals surface area contributed by atoms with E-state index in [2.05, 4.69) is 10.2 Å². The van der Waals surface area contributed by atoms with E-state index in [1.165, 1.54) is 12.1 Å². The number of hydrogen-bond acceptors (Lipinski definition) is 3. The molecule has 2 fully saturated rings. The lowest BCUT2D eigenvalue weighted by atomic mass is 9.94. The van der Waals surface area contributed by atoms with Crippen molar-refractivity contribution in [1.29, 1.82) is 0 Å². The number of carbonyl (C=O) groups is 2. The number of hydrogen-bond donors (Lipinski definition) is 1. The summed E-state index contributed by atoms with van der Waals surface area (Å²) in [5, 5.41) is 3.04. The van der Waals surface area contributed by atoms with Crippen LogP contribution in [0.3, 0.4) is 0 Å². The summed E-state index contributed by atoms with van der Waals surface area (Å²) in [7, 11) is 0. The van der Waals surface area contributed by atoms with Crippen LogP contribution in [0.5, 0.6) is 0 Å². The third-order valence-electron chi connectivity index (χ3n) is 6.73. The molecule has 1 saturated heterocycles. The van der Waals surface area contributed by atoms with Gasteiger partial charge in [0.25, 0.3) is 0 Å². The molecule has 1 unspecified atom stereocenters. The summed E-state index contributed by atoms with van der Waals surface area (Å²) in [4.78, 5) is 30.1. The first-order chi connectivity index (χ1) is 15.6. The lowest BCUT2D eigenvalue weighted by Crippen LogP contribution is -2.58. The predicted octanol–water partition coefficient (Wildman–Crippen LogP) is 3.39. The fourth-order valence-electron chi connectivity index (χ4n) is 5.02. The van der Waals surface area contributed by atoms with E-state index in [0.29, 0.717) is 45.1 Å². The molecule has 4 rings (SSSR count). The van der Waals surface area contributed by atoms with E-state index in [4.69, 9.17) is 0 Å². The monoisotopic (exact) mass is 437 g/mol. The first kappa shape index (κ1) is 22.5. The average Bonchev–Trinajstić information content (AvgIpc) is 3.33. The second kappa shape index (κ2) is 10.7. The van der Waals surface area contributed by atoms with E-state index in [1.807, 2.05) is 41.3 Å². The number of halogens is 1. The molecule has 1 atom stereocenters. The van der Waals surface area contributed by atoms with Gasteiger partial charge in [-0.25, -0.2) is 4.39 Å². The van der Waals surface area contributed by atoms with Crippen LogP contribution in [0.2, 0.25) is 0 Å². The summed E-state index contributed by atoms with van der Waals surface area (Å²) in [5.74, 6) is 0.212. The van der Waals surface area contributed by atoms with Gasteiger partial charge in [0.05, 0.1) is 12.5 Å². The maximum atomic E-state index is 13.5. The lowest BCUT2D eigenvalue weighted by Gasteiger charge is -2.40. The molecule has 1 N–H and O–H groups in total. The molecule has 2 amide bonds. The molecule has 1 saturated carbocycles. The standard InChI is InChI=1S/C26H32FN3O2/c27-23-12-6-9-21(17-23)19-28-26(32)25(22-10-4-5-11-22)30-15-13-29(14-16-30)24(31)18-20-7-2-1-3-8-20/h1-3,6-9,12,17,22,25H,4-5,10-11,13-16,18-19H2,(H,28,32). The minimum atomic E-state index is -0.291. The zero-order valence-corrected chi connectivity index (χ0v) is 18.5. The Balaban J connectivity index is 1.35. The summed E-state index contributed by atoms with van der Waals surface area (Å²) >= 11 is 0. The van der Waals surface area contributed by atoms with Gasteiger partial charge in [-0.3, -0.25) is 14.5 Å². The highest BCUT2D eigenvalue weighted by Gasteiger charge is 2.37. The molecule has 1 aliphatic carbocycles. The summed E-state index contributed by atoms with van der Waals surface area (Å²) in [6.45, 7) is 3.03. The Kier molecular flexibility index (Phi) is 7.53. The van der Waals surface area contributed by atoms with Crippen molar-refractivity contribution < 1.29 is 14.0 Å². The largest absolute Gasteiger partial charge is 0.351 e. The van der Waals surface area contributed by atoms with Gasteiger partial charge in [-0.15, -0.1) is 0 Å². The van der Waals surface area contributed by atoms with Crippen LogP contribution >= 0.6 is 0 Å². The van der Waals surface area contributed by atoms with E-state index in [0.717, 1.165) is 36.8 Å². The Labute approximate surface area is 189 Å². The van der Waals surface area contributed by atoms with Crippen molar-refractivity contribution in [3.8, 4) is 0 Å². The highest BCUT2D eigenvalue weighted by Crippen LogP contribution is 2.31. The van der Waals surface area contributed by atoms with E-state index >= 15 is 0 Å². The van der Waals surface area contributed by atoms with Gasteiger partial charge in [-0.2, -0.15) is 0 Å². The highest BCUT2D eigenvalue weighted by molar-refractivity contribution is 5.82. The van der Waals surface area contributed by atoms with E-state index in [1.54, 1.807) is 6.07 Å². The van der Waals surface area contributed by atoms with Gasteiger partial charge in [-0.1, -0.05) is 55.3 Å². The minimum Gasteiger partial charge on any atom is -0.351 e. The average molecular weight is 438 g/mol. The molecular weight excluding hydrogens is 405 g/mol. The zero-order chi connectivity index (χ0) is 22.3. The van der Waals surface area contributed by atoms with Crippen molar-refractivity contribution in [2.24, 2.45) is 5.92 Å². The summed E-state index contributed by atoms with van der Waals surface area (Å²) in [6, 6.07) is 16.0. The second-order valence-electron chi connectivity index (χ2n) is 8.92. The third kappa shape index (κ3) is 5.74. The Hall–Kier alpha value is -2.73. The van der Waals surface area contributed by atoms with E-state index in [9.17, 15) is 14.0 Å². The normalized spacial score (nSPS) is 18.5. The summed E-state index contributed by atoms with van der Waals surface area (Å²) in [5.41, 5.74) is 1.79. The molecule has 0 spiro atoms. The maximum Gasteiger partial charge on any atom is 0.237 e. The topological polar surface area (TPSA) is 52.7 Å². The smallest absolute Gasteiger partial charge is 0.237 e.